The topological polar surface area (TPSA) is 92.3 Å². The van der Waals surface area contributed by atoms with Crippen LogP contribution in [0.3, 0.4) is 0 Å². The molecule has 2 amide bonds. The van der Waals surface area contributed by atoms with Crippen molar-refractivity contribution in [3.05, 3.63) is 28.8 Å². The van der Waals surface area contributed by atoms with Crippen molar-refractivity contribution in [3.63, 3.8) is 0 Å². The van der Waals surface area contributed by atoms with Crippen molar-refractivity contribution >= 4 is 38.9 Å². The van der Waals surface area contributed by atoms with Crippen molar-refractivity contribution in [1.29, 1.82) is 0 Å². The molecule has 0 aliphatic carbocycles. The maximum absolute atomic E-state index is 11.8. The zero-order valence-corrected chi connectivity index (χ0v) is 13.6. The van der Waals surface area contributed by atoms with E-state index in [9.17, 15) is 18.0 Å². The van der Waals surface area contributed by atoms with E-state index in [1.165, 1.54) is 0 Å². The van der Waals surface area contributed by atoms with E-state index in [0.29, 0.717) is 17.1 Å². The number of carbonyl (C=O) groups is 2. The van der Waals surface area contributed by atoms with Gasteiger partial charge in [-0.1, -0.05) is 17.7 Å². The summed E-state index contributed by atoms with van der Waals surface area (Å²) in [6.45, 7) is 1.57. The molecule has 1 saturated heterocycles. The maximum Gasteiger partial charge on any atom is 0.243 e. The molecule has 1 aliphatic heterocycles. The van der Waals surface area contributed by atoms with Gasteiger partial charge in [-0.15, -0.1) is 0 Å². The predicted molar refractivity (Wildman–Crippen MR) is 84.6 cm³/mol. The van der Waals surface area contributed by atoms with Crippen LogP contribution in [-0.4, -0.2) is 38.3 Å². The predicted octanol–water partition coefficient (Wildman–Crippen LogP) is 1.14. The summed E-state index contributed by atoms with van der Waals surface area (Å²) in [7, 11) is -3.11. The molecule has 0 saturated carbocycles. The highest BCUT2D eigenvalue weighted by Crippen LogP contribution is 2.22. The number of hydrogen-bond donors (Lipinski definition) is 2. The van der Waals surface area contributed by atoms with Crippen LogP contribution in [0.15, 0.2) is 18.2 Å². The number of rotatable bonds is 4. The Hall–Kier alpha value is -1.60. The fraction of sp³-hybridized carbons (Fsp3) is 0.429. The Morgan fingerprint density at radius 2 is 2.09 bits per heavy atom. The van der Waals surface area contributed by atoms with Gasteiger partial charge < -0.3 is 10.6 Å². The van der Waals surface area contributed by atoms with Crippen LogP contribution >= 0.6 is 11.6 Å². The summed E-state index contributed by atoms with van der Waals surface area (Å²) in [5, 5.41) is 5.66. The van der Waals surface area contributed by atoms with Gasteiger partial charge in [-0.05, 0) is 31.0 Å². The van der Waals surface area contributed by atoms with E-state index >= 15 is 0 Å². The molecule has 0 aromatic heterocycles. The van der Waals surface area contributed by atoms with E-state index in [4.69, 9.17) is 11.6 Å². The Balaban J connectivity index is 1.85. The van der Waals surface area contributed by atoms with Gasteiger partial charge in [0.1, 0.15) is 0 Å². The molecule has 1 aromatic rings. The molecule has 1 fully saturated rings. The summed E-state index contributed by atoms with van der Waals surface area (Å²) < 4.78 is 22.6. The largest absolute Gasteiger partial charge is 0.347 e. The molecular weight excluding hydrogens is 328 g/mol. The first-order valence-corrected chi connectivity index (χ1v) is 9.01. The number of sulfone groups is 1. The molecular formula is C14H17ClN2O4S. The first-order valence-electron chi connectivity index (χ1n) is 6.81. The van der Waals surface area contributed by atoms with Crippen LogP contribution in [0.5, 0.6) is 0 Å². The summed E-state index contributed by atoms with van der Waals surface area (Å²) in [5.41, 5.74) is 1.32. The summed E-state index contributed by atoms with van der Waals surface area (Å²) in [6, 6.07) is 5.15. The Morgan fingerprint density at radius 3 is 2.73 bits per heavy atom. The van der Waals surface area contributed by atoms with Gasteiger partial charge in [0.25, 0.3) is 0 Å². The Morgan fingerprint density at radius 1 is 1.36 bits per heavy atom. The van der Waals surface area contributed by atoms with E-state index in [2.05, 4.69) is 10.6 Å². The average molecular weight is 345 g/mol. The van der Waals surface area contributed by atoms with Gasteiger partial charge in [-0.2, -0.15) is 0 Å². The second-order valence-corrected chi connectivity index (χ2v) is 7.91. The zero-order valence-electron chi connectivity index (χ0n) is 12.1. The fourth-order valence-corrected chi connectivity index (χ4v) is 4.17. The molecule has 1 atom stereocenters. The van der Waals surface area contributed by atoms with E-state index in [0.717, 1.165) is 5.56 Å². The molecule has 0 spiro atoms. The van der Waals surface area contributed by atoms with Gasteiger partial charge in [0, 0.05) is 10.7 Å². The number of hydrogen-bond acceptors (Lipinski definition) is 4. The highest BCUT2D eigenvalue weighted by molar-refractivity contribution is 7.91. The summed E-state index contributed by atoms with van der Waals surface area (Å²) >= 11 is 5.96. The quantitative estimate of drug-likeness (QED) is 0.856. The Bertz CT molecular complexity index is 703. The molecule has 1 unspecified atom stereocenters. The Labute approximate surface area is 134 Å². The zero-order chi connectivity index (χ0) is 16.3. The van der Waals surface area contributed by atoms with Crippen molar-refractivity contribution in [2.24, 2.45) is 5.92 Å². The van der Waals surface area contributed by atoms with E-state index in [1.54, 1.807) is 25.1 Å². The highest BCUT2D eigenvalue weighted by Gasteiger charge is 2.32. The minimum atomic E-state index is -3.11. The lowest BCUT2D eigenvalue weighted by Crippen LogP contribution is -2.37. The van der Waals surface area contributed by atoms with Gasteiger partial charge in [0.05, 0.1) is 24.0 Å². The molecule has 0 bridgehead atoms. The molecule has 8 heteroatoms. The lowest BCUT2D eigenvalue weighted by molar-refractivity contribution is -0.126. The lowest BCUT2D eigenvalue weighted by Gasteiger charge is -2.11. The minimum absolute atomic E-state index is 0.0268. The fourth-order valence-electron chi connectivity index (χ4n) is 2.25. The van der Waals surface area contributed by atoms with Crippen molar-refractivity contribution in [2.45, 2.75) is 13.3 Å². The molecule has 0 radical (unpaired) electrons. The van der Waals surface area contributed by atoms with Gasteiger partial charge in [-0.3, -0.25) is 9.59 Å². The van der Waals surface area contributed by atoms with E-state index < -0.39 is 21.7 Å². The van der Waals surface area contributed by atoms with Crippen molar-refractivity contribution in [2.75, 3.05) is 23.4 Å². The van der Waals surface area contributed by atoms with Crippen LogP contribution in [0, 0.1) is 12.8 Å². The minimum Gasteiger partial charge on any atom is -0.347 e. The molecule has 120 valence electrons. The van der Waals surface area contributed by atoms with Crippen LogP contribution in [0.1, 0.15) is 12.0 Å². The number of benzene rings is 1. The standard InChI is InChI=1S/C14H17ClN2O4S/c1-9-11(15)3-2-4-12(9)17-13(18)7-16-14(19)10-5-6-22(20,21)8-10/h2-4,10H,5-8H2,1H3,(H,16,19)(H,17,18). The molecule has 6 nitrogen and oxygen atoms in total. The SMILES string of the molecule is Cc1c(Cl)cccc1NC(=O)CNC(=O)C1CCS(=O)(=O)C1. The molecule has 2 N–H and O–H groups in total. The average Bonchev–Trinajstić information content (AvgIpc) is 2.81. The van der Waals surface area contributed by atoms with Gasteiger partial charge in [0.2, 0.25) is 11.8 Å². The number of amides is 2. The molecule has 1 heterocycles. The monoisotopic (exact) mass is 344 g/mol. The van der Waals surface area contributed by atoms with E-state index in [-0.39, 0.29) is 24.0 Å². The number of nitrogens with one attached hydrogen (secondary N) is 2. The molecule has 1 aromatic carbocycles. The maximum atomic E-state index is 11.8. The first-order chi connectivity index (χ1) is 10.3. The second-order valence-electron chi connectivity index (χ2n) is 5.28. The summed E-state index contributed by atoms with van der Waals surface area (Å²) in [4.78, 5) is 23.7. The number of halogens is 1. The Kier molecular flexibility index (Phi) is 5.08. The van der Waals surface area contributed by atoms with Crippen LogP contribution in [0.25, 0.3) is 0 Å². The van der Waals surface area contributed by atoms with Crippen molar-refractivity contribution in [1.82, 2.24) is 5.32 Å². The van der Waals surface area contributed by atoms with Gasteiger partial charge in [-0.25, -0.2) is 8.42 Å². The summed E-state index contributed by atoms with van der Waals surface area (Å²) in [5.74, 6) is -1.48. The lowest BCUT2D eigenvalue weighted by atomic mass is 10.1. The van der Waals surface area contributed by atoms with Gasteiger partial charge >= 0.3 is 0 Å². The van der Waals surface area contributed by atoms with E-state index in [1.807, 2.05) is 0 Å². The second kappa shape index (κ2) is 6.66. The van der Waals surface area contributed by atoms with Crippen LogP contribution in [0.2, 0.25) is 5.02 Å². The van der Waals surface area contributed by atoms with Crippen molar-refractivity contribution < 1.29 is 18.0 Å². The first kappa shape index (κ1) is 16.8. The molecule has 22 heavy (non-hydrogen) atoms. The third-order valence-corrected chi connectivity index (χ3v) is 5.75. The third-order valence-electron chi connectivity index (χ3n) is 3.57. The smallest absolute Gasteiger partial charge is 0.243 e. The van der Waals surface area contributed by atoms with Gasteiger partial charge in [0.15, 0.2) is 9.84 Å². The normalized spacial score (nSPS) is 19.6. The number of anilines is 1. The van der Waals surface area contributed by atoms with Crippen LogP contribution in [0.4, 0.5) is 5.69 Å². The highest BCUT2D eigenvalue weighted by atomic mass is 35.5. The van der Waals surface area contributed by atoms with Crippen molar-refractivity contribution in [3.8, 4) is 0 Å². The molecule has 1 aliphatic rings. The van der Waals surface area contributed by atoms with Crippen LogP contribution < -0.4 is 10.6 Å². The summed E-state index contributed by atoms with van der Waals surface area (Å²) in [6.07, 6.45) is 0.309. The molecule has 2 rings (SSSR count). The van der Waals surface area contributed by atoms with Crippen LogP contribution in [-0.2, 0) is 19.4 Å². The number of carbonyl (C=O) groups excluding carboxylic acids is 2. The third kappa shape index (κ3) is 4.20.